The Hall–Kier alpha value is -3.91. The monoisotopic (exact) mass is 444 g/mol. The average Bonchev–Trinajstić information content (AvgIpc) is 3.18. The number of nitrogen functional groups attached to an aromatic ring is 1. The van der Waals surface area contributed by atoms with Crippen LogP contribution in [0.5, 0.6) is 5.75 Å². The zero-order chi connectivity index (χ0) is 22.8. The summed E-state index contributed by atoms with van der Waals surface area (Å²) in [7, 11) is 0. The van der Waals surface area contributed by atoms with Crippen molar-refractivity contribution in [2.24, 2.45) is 0 Å². The van der Waals surface area contributed by atoms with Crippen molar-refractivity contribution in [3.05, 3.63) is 78.4 Å². The first-order valence-electron chi connectivity index (χ1n) is 10.8. The van der Waals surface area contributed by atoms with Gasteiger partial charge in [0.15, 0.2) is 0 Å². The number of carboxylic acids is 1. The molecule has 8 heteroatoms. The highest BCUT2D eigenvalue weighted by molar-refractivity contribution is 5.85. The molecule has 0 atom stereocenters. The van der Waals surface area contributed by atoms with Gasteiger partial charge in [0.05, 0.1) is 6.10 Å². The molecule has 168 valence electrons. The van der Waals surface area contributed by atoms with Crippen LogP contribution in [-0.4, -0.2) is 38.2 Å². The molecular weight excluding hydrogens is 420 g/mol. The lowest BCUT2D eigenvalue weighted by Crippen LogP contribution is -2.32. The fraction of sp³-hybridized carbons (Fsp3) is 0.240. The quantitative estimate of drug-likeness (QED) is 0.424. The van der Waals surface area contributed by atoms with Gasteiger partial charge in [-0.25, -0.2) is 14.8 Å². The van der Waals surface area contributed by atoms with E-state index >= 15 is 0 Å². The molecule has 0 amide bonds. The second-order valence-corrected chi connectivity index (χ2v) is 8.15. The number of nitrogens with two attached hydrogens (primary N) is 1. The van der Waals surface area contributed by atoms with Crippen molar-refractivity contribution in [2.45, 2.75) is 31.5 Å². The maximum Gasteiger partial charge on any atom is 0.329 e. The summed E-state index contributed by atoms with van der Waals surface area (Å²) in [6.45, 7) is 0.195. The van der Waals surface area contributed by atoms with E-state index in [0.29, 0.717) is 25.3 Å². The molecule has 4 aromatic rings. The third-order valence-electron chi connectivity index (χ3n) is 5.87. The summed E-state index contributed by atoms with van der Waals surface area (Å²) in [6.07, 6.45) is 4.88. The summed E-state index contributed by atoms with van der Waals surface area (Å²) in [4.78, 5) is 20.0. The number of aliphatic carboxylic acids is 1. The average molecular weight is 444 g/mol. The van der Waals surface area contributed by atoms with Crippen LogP contribution in [0.15, 0.2) is 67.0 Å². The predicted octanol–water partition coefficient (Wildman–Crippen LogP) is 3.90. The van der Waals surface area contributed by atoms with Gasteiger partial charge in [-0.1, -0.05) is 42.5 Å². The minimum atomic E-state index is -0.958. The summed E-state index contributed by atoms with van der Waals surface area (Å²) >= 11 is 0. The van der Waals surface area contributed by atoms with Crippen molar-refractivity contribution >= 4 is 17.3 Å². The lowest BCUT2D eigenvalue weighted by atomic mass is 9.81. The molecule has 0 bridgehead atoms. The Labute approximate surface area is 190 Å². The van der Waals surface area contributed by atoms with E-state index in [1.54, 1.807) is 6.20 Å². The van der Waals surface area contributed by atoms with Gasteiger partial charge in [0.2, 0.25) is 0 Å². The summed E-state index contributed by atoms with van der Waals surface area (Å²) in [6, 6.07) is 17.8. The lowest BCUT2D eigenvalue weighted by molar-refractivity contribution is -0.146. The molecule has 1 saturated carbocycles. The third-order valence-corrected chi connectivity index (χ3v) is 5.87. The minimum Gasteiger partial charge on any atom is -0.489 e. The minimum absolute atomic E-state index is 0.0733. The van der Waals surface area contributed by atoms with E-state index in [9.17, 15) is 4.79 Å². The number of hydrogen-bond donors (Lipinski definition) is 2. The molecule has 1 aliphatic carbocycles. The highest BCUT2D eigenvalue weighted by Gasteiger charge is 2.35. The van der Waals surface area contributed by atoms with Crippen LogP contribution in [0.3, 0.4) is 0 Å². The van der Waals surface area contributed by atoms with Gasteiger partial charge >= 0.3 is 5.97 Å². The van der Waals surface area contributed by atoms with Crippen LogP contribution in [0.1, 0.15) is 30.1 Å². The van der Waals surface area contributed by atoms with Gasteiger partial charge in [-0.3, -0.25) is 4.40 Å². The van der Waals surface area contributed by atoms with Crippen molar-refractivity contribution < 1.29 is 19.4 Å². The number of ether oxygens (including phenoxy) is 2. The standard InChI is InChI=1S/C25H24N4O4/c26-24-23-22(17-7-4-8-19(11-17)32-14-16-5-2-1-3-6-16)28-25(29(23)10-9-27-24)18-12-20(13-18)33-15-21(30)31/h1-11,18,20H,12-15H2,(H2,26,27)(H,30,31)/t18-,20+. The first kappa shape index (κ1) is 21.0. The second kappa shape index (κ2) is 8.91. The zero-order valence-corrected chi connectivity index (χ0v) is 17.9. The van der Waals surface area contributed by atoms with Crippen molar-refractivity contribution in [1.82, 2.24) is 14.4 Å². The number of imidazole rings is 1. The smallest absolute Gasteiger partial charge is 0.329 e. The molecule has 5 rings (SSSR count). The van der Waals surface area contributed by atoms with Gasteiger partial charge in [0, 0.05) is 23.9 Å². The van der Waals surface area contributed by atoms with E-state index in [1.807, 2.05) is 65.2 Å². The Morgan fingerprint density at radius 2 is 1.97 bits per heavy atom. The maximum atomic E-state index is 10.7. The van der Waals surface area contributed by atoms with Crippen LogP contribution >= 0.6 is 0 Å². The predicted molar refractivity (Wildman–Crippen MR) is 123 cm³/mol. The summed E-state index contributed by atoms with van der Waals surface area (Å²) in [5.74, 6) is 1.22. The fourth-order valence-electron chi connectivity index (χ4n) is 4.15. The topological polar surface area (TPSA) is 112 Å². The van der Waals surface area contributed by atoms with Crippen LogP contribution in [-0.2, 0) is 16.1 Å². The highest BCUT2D eigenvalue weighted by atomic mass is 16.5. The van der Waals surface area contributed by atoms with Crippen molar-refractivity contribution in [2.75, 3.05) is 12.3 Å². The number of fused-ring (bicyclic) bond motifs is 1. The Bertz CT molecular complexity index is 1280. The summed E-state index contributed by atoms with van der Waals surface area (Å²) in [5, 5.41) is 8.82. The molecule has 2 heterocycles. The van der Waals surface area contributed by atoms with E-state index < -0.39 is 5.97 Å². The molecule has 3 N–H and O–H groups in total. The van der Waals surface area contributed by atoms with E-state index in [2.05, 4.69) is 4.98 Å². The van der Waals surface area contributed by atoms with Gasteiger partial charge < -0.3 is 20.3 Å². The zero-order valence-electron chi connectivity index (χ0n) is 17.9. The van der Waals surface area contributed by atoms with Gasteiger partial charge in [0.25, 0.3) is 0 Å². The summed E-state index contributed by atoms with van der Waals surface area (Å²) in [5.41, 5.74) is 9.74. The van der Waals surface area contributed by atoms with E-state index in [-0.39, 0.29) is 18.6 Å². The number of carbonyl (C=O) groups is 1. The number of anilines is 1. The molecule has 0 radical (unpaired) electrons. The van der Waals surface area contributed by atoms with Crippen LogP contribution in [0.4, 0.5) is 5.82 Å². The number of carboxylic acid groups (broad SMARTS) is 1. The molecule has 1 aliphatic rings. The van der Waals surface area contributed by atoms with Crippen LogP contribution in [0, 0.1) is 0 Å². The summed E-state index contributed by atoms with van der Waals surface area (Å²) < 4.78 is 13.4. The maximum absolute atomic E-state index is 10.7. The van der Waals surface area contributed by atoms with Crippen molar-refractivity contribution in [3.8, 4) is 17.0 Å². The number of rotatable bonds is 8. The van der Waals surface area contributed by atoms with E-state index in [1.165, 1.54) is 0 Å². The van der Waals surface area contributed by atoms with Gasteiger partial charge in [-0.2, -0.15) is 0 Å². The van der Waals surface area contributed by atoms with E-state index in [4.69, 9.17) is 25.3 Å². The van der Waals surface area contributed by atoms with Gasteiger partial charge in [0.1, 0.15) is 41.8 Å². The second-order valence-electron chi connectivity index (χ2n) is 8.15. The normalized spacial score (nSPS) is 17.6. The van der Waals surface area contributed by atoms with Crippen LogP contribution in [0.2, 0.25) is 0 Å². The Kier molecular flexibility index (Phi) is 5.66. The molecule has 33 heavy (non-hydrogen) atoms. The Morgan fingerprint density at radius 3 is 2.76 bits per heavy atom. The highest BCUT2D eigenvalue weighted by Crippen LogP contribution is 2.41. The molecule has 2 aromatic carbocycles. The third kappa shape index (κ3) is 4.38. The van der Waals surface area contributed by atoms with Crippen molar-refractivity contribution in [3.63, 3.8) is 0 Å². The molecule has 2 aromatic heterocycles. The Morgan fingerprint density at radius 1 is 1.15 bits per heavy atom. The molecule has 0 saturated heterocycles. The molecule has 1 fully saturated rings. The van der Waals surface area contributed by atoms with Gasteiger partial charge in [-0.15, -0.1) is 0 Å². The van der Waals surface area contributed by atoms with E-state index in [0.717, 1.165) is 33.9 Å². The molecule has 0 unspecified atom stereocenters. The number of nitrogens with zero attached hydrogens (tertiary/aromatic N) is 3. The fourth-order valence-corrected chi connectivity index (χ4v) is 4.15. The van der Waals surface area contributed by atoms with Crippen LogP contribution < -0.4 is 10.5 Å². The molecule has 8 nitrogen and oxygen atoms in total. The first-order chi connectivity index (χ1) is 16.1. The molecule has 0 spiro atoms. The first-order valence-corrected chi connectivity index (χ1v) is 10.8. The lowest BCUT2D eigenvalue weighted by Gasteiger charge is -2.33. The van der Waals surface area contributed by atoms with Gasteiger partial charge in [-0.05, 0) is 30.5 Å². The number of hydrogen-bond acceptors (Lipinski definition) is 6. The molecular formula is C25H24N4O4. The Balaban J connectivity index is 1.41. The van der Waals surface area contributed by atoms with Crippen LogP contribution in [0.25, 0.3) is 16.8 Å². The SMILES string of the molecule is Nc1nccn2c1c(-c1cccc(OCc3ccccc3)c1)nc2[C@H]1C[C@@H](OCC(=O)O)C1. The number of aromatic nitrogens is 3. The number of benzene rings is 2. The van der Waals surface area contributed by atoms with Crippen molar-refractivity contribution in [1.29, 1.82) is 0 Å². The molecule has 0 aliphatic heterocycles. The largest absolute Gasteiger partial charge is 0.489 e.